The van der Waals surface area contributed by atoms with Gasteiger partial charge in [-0.1, -0.05) is 0 Å². The predicted octanol–water partition coefficient (Wildman–Crippen LogP) is 2.34. The number of thioether (sulfide) groups is 1. The van der Waals surface area contributed by atoms with Crippen LogP contribution in [0.3, 0.4) is 0 Å². The van der Waals surface area contributed by atoms with Gasteiger partial charge in [-0.05, 0) is 58.2 Å². The Labute approximate surface area is 161 Å². The summed E-state index contributed by atoms with van der Waals surface area (Å²) in [4.78, 5) is 33.8. The Hall–Kier alpha value is -1.38. The van der Waals surface area contributed by atoms with E-state index in [1.54, 1.807) is 11.3 Å². The van der Waals surface area contributed by atoms with Gasteiger partial charge in [-0.15, -0.1) is 23.1 Å². The second kappa shape index (κ2) is 8.54. The van der Waals surface area contributed by atoms with Gasteiger partial charge in [0.15, 0.2) is 0 Å². The Kier molecular flexibility index (Phi) is 6.37. The molecule has 142 valence electrons. The molecule has 3 rings (SSSR count). The summed E-state index contributed by atoms with van der Waals surface area (Å²) in [6.07, 6.45) is 2.22. The maximum absolute atomic E-state index is 12.3. The summed E-state index contributed by atoms with van der Waals surface area (Å²) in [7, 11) is 0. The number of nitrogens with one attached hydrogen (secondary N) is 3. The van der Waals surface area contributed by atoms with E-state index in [1.165, 1.54) is 18.2 Å². The number of hydrogen-bond acceptors (Lipinski definition) is 6. The van der Waals surface area contributed by atoms with Gasteiger partial charge < -0.3 is 15.6 Å². The van der Waals surface area contributed by atoms with Crippen LogP contribution < -0.4 is 16.2 Å². The zero-order valence-corrected chi connectivity index (χ0v) is 17.1. The van der Waals surface area contributed by atoms with Crippen LogP contribution in [-0.4, -0.2) is 40.8 Å². The summed E-state index contributed by atoms with van der Waals surface area (Å²) >= 11 is 3.04. The molecular weight excluding hydrogens is 368 g/mol. The van der Waals surface area contributed by atoms with Gasteiger partial charge in [0.25, 0.3) is 5.56 Å². The van der Waals surface area contributed by atoms with Crippen molar-refractivity contribution in [2.45, 2.75) is 44.6 Å². The molecule has 1 aliphatic heterocycles. The van der Waals surface area contributed by atoms with E-state index >= 15 is 0 Å². The summed E-state index contributed by atoms with van der Waals surface area (Å²) in [5.74, 6) is 1.87. The van der Waals surface area contributed by atoms with Gasteiger partial charge in [0.05, 0.1) is 16.4 Å². The van der Waals surface area contributed by atoms with Gasteiger partial charge in [-0.25, -0.2) is 4.98 Å². The van der Waals surface area contributed by atoms with Crippen LogP contribution in [-0.2, 0) is 10.5 Å². The van der Waals surface area contributed by atoms with E-state index in [-0.39, 0.29) is 16.7 Å². The molecule has 1 amide bonds. The summed E-state index contributed by atoms with van der Waals surface area (Å²) in [6.45, 7) is 8.72. The van der Waals surface area contributed by atoms with E-state index in [4.69, 9.17) is 0 Å². The lowest BCUT2D eigenvalue weighted by Crippen LogP contribution is -2.32. The molecule has 0 aromatic carbocycles. The van der Waals surface area contributed by atoms with Crippen molar-refractivity contribution >= 4 is 39.2 Å². The minimum Gasteiger partial charge on any atom is -0.355 e. The second-order valence-corrected chi connectivity index (χ2v) is 9.40. The fourth-order valence-electron chi connectivity index (χ4n) is 3.15. The average Bonchev–Trinajstić information content (AvgIpc) is 3.21. The summed E-state index contributed by atoms with van der Waals surface area (Å²) in [5, 5.41) is 6.87. The van der Waals surface area contributed by atoms with Crippen molar-refractivity contribution in [3.05, 3.63) is 26.6 Å². The topological polar surface area (TPSA) is 86.9 Å². The van der Waals surface area contributed by atoms with Gasteiger partial charge in [-0.3, -0.25) is 9.59 Å². The van der Waals surface area contributed by atoms with Crippen LogP contribution in [0.2, 0.25) is 0 Å². The summed E-state index contributed by atoms with van der Waals surface area (Å²) < 4.78 is 0. The number of carbonyl (C=O) groups excluding carboxylic acids is 1. The van der Waals surface area contributed by atoms with Crippen LogP contribution in [0, 0.1) is 19.8 Å². The van der Waals surface area contributed by atoms with Crippen LogP contribution in [0.5, 0.6) is 0 Å². The van der Waals surface area contributed by atoms with Crippen LogP contribution in [0.15, 0.2) is 4.79 Å². The fourth-order valence-corrected chi connectivity index (χ4v) is 4.98. The quantitative estimate of drug-likeness (QED) is 0.671. The highest BCUT2D eigenvalue weighted by atomic mass is 32.2. The second-order valence-electron chi connectivity index (χ2n) is 6.87. The molecule has 1 aliphatic rings. The zero-order chi connectivity index (χ0) is 18.7. The molecule has 2 aromatic heterocycles. The highest BCUT2D eigenvalue weighted by molar-refractivity contribution is 7.99. The molecule has 3 N–H and O–H groups in total. The number of aryl methyl sites for hydroxylation is 2. The first-order valence-electron chi connectivity index (χ1n) is 9.04. The number of carbonyl (C=O) groups is 1. The Morgan fingerprint density at radius 2 is 2.27 bits per heavy atom. The molecule has 8 heteroatoms. The molecule has 6 nitrogen and oxygen atoms in total. The number of aromatic nitrogens is 2. The molecule has 0 saturated carbocycles. The van der Waals surface area contributed by atoms with E-state index < -0.39 is 0 Å². The maximum Gasteiger partial charge on any atom is 0.259 e. The molecule has 1 saturated heterocycles. The van der Waals surface area contributed by atoms with Crippen molar-refractivity contribution in [3.63, 3.8) is 0 Å². The molecule has 0 aliphatic carbocycles. The number of thiophene rings is 1. The molecule has 0 bridgehead atoms. The fraction of sp³-hybridized carbons (Fsp3) is 0.611. The average molecular weight is 395 g/mol. The van der Waals surface area contributed by atoms with Crippen LogP contribution in [0.4, 0.5) is 0 Å². The number of rotatable bonds is 7. The Balaban J connectivity index is 1.52. The molecular formula is C18H26N4O2S2. The molecule has 3 heterocycles. The highest BCUT2D eigenvalue weighted by Gasteiger charge is 2.18. The van der Waals surface area contributed by atoms with Crippen molar-refractivity contribution in [1.82, 2.24) is 20.6 Å². The van der Waals surface area contributed by atoms with Gasteiger partial charge in [0, 0.05) is 11.4 Å². The first-order chi connectivity index (χ1) is 12.5. The van der Waals surface area contributed by atoms with Crippen molar-refractivity contribution in [1.29, 1.82) is 0 Å². The first kappa shape index (κ1) is 19.4. The first-order valence-corrected chi connectivity index (χ1v) is 10.9. The maximum atomic E-state index is 12.3. The number of nitrogens with zero attached hydrogens (tertiary/aromatic N) is 1. The Morgan fingerprint density at radius 3 is 3.00 bits per heavy atom. The number of hydrogen-bond donors (Lipinski definition) is 3. The third-order valence-corrected chi connectivity index (χ3v) is 7.20. The number of amides is 1. The predicted molar refractivity (Wildman–Crippen MR) is 109 cm³/mol. The van der Waals surface area contributed by atoms with Crippen molar-refractivity contribution in [2.24, 2.45) is 5.92 Å². The van der Waals surface area contributed by atoms with Crippen molar-refractivity contribution in [3.8, 4) is 0 Å². The molecule has 0 radical (unpaired) electrons. The van der Waals surface area contributed by atoms with Crippen molar-refractivity contribution in [2.75, 3.05) is 19.6 Å². The van der Waals surface area contributed by atoms with Gasteiger partial charge in [0.1, 0.15) is 10.7 Å². The van der Waals surface area contributed by atoms with E-state index in [9.17, 15) is 9.59 Å². The van der Waals surface area contributed by atoms with Gasteiger partial charge >= 0.3 is 0 Å². The molecule has 0 spiro atoms. The van der Waals surface area contributed by atoms with E-state index in [0.29, 0.717) is 22.9 Å². The highest BCUT2D eigenvalue weighted by Crippen LogP contribution is 2.26. The molecule has 2 atom stereocenters. The largest absolute Gasteiger partial charge is 0.355 e. The van der Waals surface area contributed by atoms with E-state index in [0.717, 1.165) is 41.3 Å². The zero-order valence-electron chi connectivity index (χ0n) is 15.5. The lowest BCUT2D eigenvalue weighted by molar-refractivity contribution is -0.120. The SMILES string of the molecule is Cc1sc2nc(CSC(C)C(=O)NCCC3CCNC3)[nH]c(=O)c2c1C. The van der Waals surface area contributed by atoms with E-state index in [1.807, 2.05) is 20.8 Å². The smallest absolute Gasteiger partial charge is 0.259 e. The van der Waals surface area contributed by atoms with Gasteiger partial charge in [0.2, 0.25) is 5.91 Å². The number of fused-ring (bicyclic) bond motifs is 1. The normalized spacial score (nSPS) is 18.3. The van der Waals surface area contributed by atoms with Crippen LogP contribution in [0.1, 0.15) is 36.0 Å². The Morgan fingerprint density at radius 1 is 1.46 bits per heavy atom. The Bertz CT molecular complexity index is 840. The number of H-pyrrole nitrogens is 1. The lowest BCUT2D eigenvalue weighted by Gasteiger charge is -2.13. The molecule has 26 heavy (non-hydrogen) atoms. The van der Waals surface area contributed by atoms with Crippen LogP contribution in [0.25, 0.3) is 10.2 Å². The summed E-state index contributed by atoms with van der Waals surface area (Å²) in [5.41, 5.74) is 0.915. The summed E-state index contributed by atoms with van der Waals surface area (Å²) in [6, 6.07) is 0. The minimum absolute atomic E-state index is 0.0483. The van der Waals surface area contributed by atoms with Gasteiger partial charge in [-0.2, -0.15) is 0 Å². The standard InChI is InChI=1S/C18H26N4O2S2/c1-10-11(2)26-18-15(10)17(24)21-14(22-18)9-25-12(3)16(23)20-7-5-13-4-6-19-8-13/h12-13,19H,4-9H2,1-3H3,(H,20,23)(H,21,22,24). The minimum atomic E-state index is -0.176. The number of aromatic amines is 1. The van der Waals surface area contributed by atoms with Crippen LogP contribution >= 0.6 is 23.1 Å². The third-order valence-electron chi connectivity index (χ3n) is 4.94. The molecule has 2 aromatic rings. The molecule has 1 fully saturated rings. The van der Waals surface area contributed by atoms with E-state index in [2.05, 4.69) is 20.6 Å². The third kappa shape index (κ3) is 4.47. The van der Waals surface area contributed by atoms with Crippen molar-refractivity contribution < 1.29 is 4.79 Å². The monoisotopic (exact) mass is 394 g/mol. The lowest BCUT2D eigenvalue weighted by atomic mass is 10.1. The molecule has 2 unspecified atom stereocenters.